The van der Waals surface area contributed by atoms with Crippen LogP contribution < -0.4 is 0 Å². The van der Waals surface area contributed by atoms with Crippen LogP contribution in [0.3, 0.4) is 0 Å². The number of hydrogen-bond acceptors (Lipinski definition) is 1. The van der Waals surface area contributed by atoms with Crippen molar-refractivity contribution in [2.45, 2.75) is 26.2 Å². The Labute approximate surface area is 111 Å². The van der Waals surface area contributed by atoms with E-state index in [1.54, 1.807) is 0 Å². The van der Waals surface area contributed by atoms with E-state index in [4.69, 9.17) is 23.2 Å². The third kappa shape index (κ3) is 2.48. The van der Waals surface area contributed by atoms with Gasteiger partial charge < -0.3 is 0 Å². The summed E-state index contributed by atoms with van der Waals surface area (Å²) in [6.45, 7) is 6.36. The summed E-state index contributed by atoms with van der Waals surface area (Å²) >= 11 is 12.2. The average Bonchev–Trinajstić information content (AvgIpc) is 2.60. The summed E-state index contributed by atoms with van der Waals surface area (Å²) in [7, 11) is 0. The zero-order valence-corrected chi connectivity index (χ0v) is 11.5. The fraction of sp³-hybridized carbons (Fsp3) is 0.308. The Morgan fingerprint density at radius 2 is 1.76 bits per heavy atom. The first kappa shape index (κ1) is 12.5. The largest absolute Gasteiger partial charge is 0.234 e. The molecule has 17 heavy (non-hydrogen) atoms. The van der Waals surface area contributed by atoms with Gasteiger partial charge in [-0.25, -0.2) is 4.68 Å². The molecule has 0 unspecified atom stereocenters. The Morgan fingerprint density at radius 1 is 1.12 bits per heavy atom. The highest BCUT2D eigenvalue weighted by atomic mass is 35.5. The zero-order chi connectivity index (χ0) is 12.6. The number of nitrogens with zero attached hydrogens (tertiary/aromatic N) is 2. The SMILES string of the molecule is CC(C)(C)c1cc(Cl)nn1-c1ccccc1Cl. The Hall–Kier alpha value is -0.990. The first-order chi connectivity index (χ1) is 7.89. The van der Waals surface area contributed by atoms with Crippen molar-refractivity contribution in [2.75, 3.05) is 0 Å². The summed E-state index contributed by atoms with van der Waals surface area (Å²) < 4.78 is 1.81. The van der Waals surface area contributed by atoms with Gasteiger partial charge in [-0.05, 0) is 18.2 Å². The number of benzene rings is 1. The number of hydrogen-bond donors (Lipinski definition) is 0. The molecule has 0 fully saturated rings. The molecule has 0 aliphatic rings. The molecule has 0 bridgehead atoms. The van der Waals surface area contributed by atoms with E-state index in [1.165, 1.54) is 0 Å². The van der Waals surface area contributed by atoms with Crippen LogP contribution in [0, 0.1) is 0 Å². The van der Waals surface area contributed by atoms with Crippen molar-refractivity contribution in [1.82, 2.24) is 9.78 Å². The molecule has 0 radical (unpaired) electrons. The van der Waals surface area contributed by atoms with E-state index in [0.717, 1.165) is 11.4 Å². The van der Waals surface area contributed by atoms with Gasteiger partial charge in [0, 0.05) is 5.41 Å². The maximum absolute atomic E-state index is 6.19. The summed E-state index contributed by atoms with van der Waals surface area (Å²) in [5.41, 5.74) is 1.85. The van der Waals surface area contributed by atoms with Gasteiger partial charge in [0.15, 0.2) is 5.15 Å². The molecule has 0 amide bonds. The van der Waals surface area contributed by atoms with Crippen LogP contribution in [0.1, 0.15) is 26.5 Å². The van der Waals surface area contributed by atoms with Crippen LogP contribution in [0.4, 0.5) is 0 Å². The normalized spacial score (nSPS) is 11.8. The third-order valence-electron chi connectivity index (χ3n) is 2.53. The summed E-state index contributed by atoms with van der Waals surface area (Å²) in [6.07, 6.45) is 0. The molecule has 0 N–H and O–H groups in total. The molecule has 2 nitrogen and oxygen atoms in total. The van der Waals surface area contributed by atoms with E-state index in [9.17, 15) is 0 Å². The van der Waals surface area contributed by atoms with Crippen molar-refractivity contribution < 1.29 is 0 Å². The Morgan fingerprint density at radius 3 is 2.35 bits per heavy atom. The van der Waals surface area contributed by atoms with Gasteiger partial charge >= 0.3 is 0 Å². The van der Waals surface area contributed by atoms with Crippen LogP contribution in [-0.4, -0.2) is 9.78 Å². The molecule has 1 aromatic heterocycles. The molecule has 2 aromatic rings. The molecule has 1 heterocycles. The maximum atomic E-state index is 6.19. The van der Waals surface area contributed by atoms with E-state index in [2.05, 4.69) is 25.9 Å². The second-order valence-electron chi connectivity index (χ2n) is 4.97. The molecular weight excluding hydrogens is 255 g/mol. The van der Waals surface area contributed by atoms with Crippen molar-refractivity contribution in [1.29, 1.82) is 0 Å². The molecule has 4 heteroatoms. The average molecular weight is 269 g/mol. The van der Waals surface area contributed by atoms with Gasteiger partial charge in [0.25, 0.3) is 0 Å². The van der Waals surface area contributed by atoms with Crippen molar-refractivity contribution >= 4 is 23.2 Å². The molecule has 90 valence electrons. The van der Waals surface area contributed by atoms with Gasteiger partial charge in [0.1, 0.15) is 0 Å². The van der Waals surface area contributed by atoms with Crippen LogP contribution in [0.25, 0.3) is 5.69 Å². The van der Waals surface area contributed by atoms with Gasteiger partial charge in [-0.3, -0.25) is 0 Å². The minimum atomic E-state index is -0.0424. The predicted octanol–water partition coefficient (Wildman–Crippen LogP) is 4.48. The number of halogens is 2. The van der Waals surface area contributed by atoms with Crippen molar-refractivity contribution in [3.63, 3.8) is 0 Å². The van der Waals surface area contributed by atoms with Crippen LogP contribution in [-0.2, 0) is 5.41 Å². The van der Waals surface area contributed by atoms with E-state index >= 15 is 0 Å². The lowest BCUT2D eigenvalue weighted by molar-refractivity contribution is 0.544. The summed E-state index contributed by atoms with van der Waals surface area (Å²) in [6, 6.07) is 9.49. The fourth-order valence-electron chi connectivity index (χ4n) is 1.69. The summed E-state index contributed by atoms with van der Waals surface area (Å²) in [4.78, 5) is 0. The molecule has 2 rings (SSSR count). The van der Waals surface area contributed by atoms with Crippen LogP contribution in [0.2, 0.25) is 10.2 Å². The number of rotatable bonds is 1. The minimum Gasteiger partial charge on any atom is -0.234 e. The first-order valence-electron chi connectivity index (χ1n) is 5.40. The topological polar surface area (TPSA) is 17.8 Å². The molecular formula is C13H14Cl2N2. The summed E-state index contributed by atoms with van der Waals surface area (Å²) in [5, 5.41) is 5.45. The van der Waals surface area contributed by atoms with Crippen molar-refractivity contribution in [3.8, 4) is 5.69 Å². The lowest BCUT2D eigenvalue weighted by Gasteiger charge is -2.20. The van der Waals surface area contributed by atoms with Crippen LogP contribution in [0.5, 0.6) is 0 Å². The maximum Gasteiger partial charge on any atom is 0.151 e. The smallest absolute Gasteiger partial charge is 0.151 e. The quantitative estimate of drug-likeness (QED) is 0.746. The summed E-state index contributed by atoms with van der Waals surface area (Å²) in [5.74, 6) is 0. The molecule has 0 spiro atoms. The van der Waals surface area contributed by atoms with Gasteiger partial charge in [0.2, 0.25) is 0 Å². The highest BCUT2D eigenvalue weighted by molar-refractivity contribution is 6.32. The van der Waals surface area contributed by atoms with E-state index in [-0.39, 0.29) is 5.41 Å². The van der Waals surface area contributed by atoms with Crippen molar-refractivity contribution in [3.05, 3.63) is 46.2 Å². The second kappa shape index (κ2) is 4.35. The van der Waals surface area contributed by atoms with E-state index < -0.39 is 0 Å². The van der Waals surface area contributed by atoms with Gasteiger partial charge in [-0.15, -0.1) is 0 Å². The lowest BCUT2D eigenvalue weighted by atomic mass is 9.92. The molecule has 0 saturated carbocycles. The fourth-order valence-corrected chi connectivity index (χ4v) is 2.09. The van der Waals surface area contributed by atoms with Crippen molar-refractivity contribution in [2.24, 2.45) is 0 Å². The van der Waals surface area contributed by atoms with Crippen LogP contribution >= 0.6 is 23.2 Å². The van der Waals surface area contributed by atoms with Gasteiger partial charge in [-0.2, -0.15) is 5.10 Å². The molecule has 0 aliphatic heterocycles. The Bertz CT molecular complexity index is 539. The highest BCUT2D eigenvalue weighted by Gasteiger charge is 2.22. The predicted molar refractivity (Wildman–Crippen MR) is 72.3 cm³/mol. The van der Waals surface area contributed by atoms with Gasteiger partial charge in [0.05, 0.1) is 16.4 Å². The zero-order valence-electron chi connectivity index (χ0n) is 10.0. The van der Waals surface area contributed by atoms with Crippen LogP contribution in [0.15, 0.2) is 30.3 Å². The number of aromatic nitrogens is 2. The second-order valence-corrected chi connectivity index (χ2v) is 5.76. The van der Waals surface area contributed by atoms with Gasteiger partial charge in [-0.1, -0.05) is 56.1 Å². The molecule has 0 saturated heterocycles. The van der Waals surface area contributed by atoms with E-state index in [0.29, 0.717) is 10.2 Å². The molecule has 0 atom stereocenters. The standard InChI is InChI=1S/C13H14Cl2N2/c1-13(2,3)11-8-12(15)16-17(11)10-7-5-4-6-9(10)14/h4-8H,1-3H3. The Balaban J connectivity index is 2.64. The Kier molecular flexibility index (Phi) is 3.19. The number of para-hydroxylation sites is 1. The monoisotopic (exact) mass is 268 g/mol. The lowest BCUT2D eigenvalue weighted by Crippen LogP contribution is -2.17. The first-order valence-corrected chi connectivity index (χ1v) is 6.16. The van der Waals surface area contributed by atoms with E-state index in [1.807, 2.05) is 35.0 Å². The highest BCUT2D eigenvalue weighted by Crippen LogP contribution is 2.29. The minimum absolute atomic E-state index is 0.0424. The molecule has 0 aliphatic carbocycles. The third-order valence-corrected chi connectivity index (χ3v) is 3.03. The molecule has 1 aromatic carbocycles.